The fourth-order valence-corrected chi connectivity index (χ4v) is 1.43. The van der Waals surface area contributed by atoms with Crippen LogP contribution in [0.25, 0.3) is 0 Å². The average Bonchev–Trinajstić information content (AvgIpc) is 2.48. The molecule has 0 spiro atoms. The zero-order chi connectivity index (χ0) is 13.7. The minimum Gasteiger partial charge on any atom is -0.392 e. The smallest absolute Gasteiger partial charge is 0.275 e. The number of hydrogen-bond donors (Lipinski definition) is 4. The second kappa shape index (κ2) is 5.89. The van der Waals surface area contributed by atoms with Gasteiger partial charge in [-0.3, -0.25) is 9.78 Å². The Bertz CT molecular complexity index is 571. The Kier molecular flexibility index (Phi) is 4.01. The van der Waals surface area contributed by atoms with Gasteiger partial charge in [-0.15, -0.1) is 0 Å². The lowest BCUT2D eigenvalue weighted by atomic mass is 10.2. The number of aliphatic hydroxyl groups is 1. The van der Waals surface area contributed by atoms with E-state index in [0.717, 1.165) is 5.56 Å². The highest BCUT2D eigenvalue weighted by atomic mass is 16.3. The second-order valence-electron chi connectivity index (χ2n) is 3.74. The molecule has 19 heavy (non-hydrogen) atoms. The van der Waals surface area contributed by atoms with Crippen LogP contribution in [0.2, 0.25) is 0 Å². The molecule has 5 N–H and O–H groups in total. The molecular weight excluding hydrogens is 246 g/mol. The van der Waals surface area contributed by atoms with Gasteiger partial charge in [-0.05, 0) is 17.7 Å². The molecule has 0 saturated heterocycles. The quantitative estimate of drug-likeness (QED) is 0.470. The van der Waals surface area contributed by atoms with Gasteiger partial charge in [0.15, 0.2) is 5.82 Å². The Hall–Kier alpha value is -2.51. The molecular formula is C12H13N5O2. The fraction of sp³-hybridized carbons (Fsp3) is 0.0833. The Labute approximate surface area is 109 Å². The molecule has 1 heterocycles. The third-order valence-corrected chi connectivity index (χ3v) is 2.41. The lowest BCUT2D eigenvalue weighted by Crippen LogP contribution is -2.16. The van der Waals surface area contributed by atoms with Crippen LogP contribution < -0.4 is 16.6 Å². The van der Waals surface area contributed by atoms with E-state index in [2.05, 4.69) is 20.7 Å². The van der Waals surface area contributed by atoms with E-state index in [4.69, 9.17) is 10.9 Å². The van der Waals surface area contributed by atoms with Gasteiger partial charge in [0.2, 0.25) is 0 Å². The first kappa shape index (κ1) is 12.9. The highest BCUT2D eigenvalue weighted by Gasteiger charge is 2.08. The molecule has 0 fully saturated rings. The molecule has 2 aromatic rings. The van der Waals surface area contributed by atoms with E-state index >= 15 is 0 Å². The van der Waals surface area contributed by atoms with Gasteiger partial charge in [0, 0.05) is 5.69 Å². The molecule has 7 nitrogen and oxygen atoms in total. The van der Waals surface area contributed by atoms with E-state index in [0.29, 0.717) is 11.5 Å². The first-order valence-electron chi connectivity index (χ1n) is 5.52. The van der Waals surface area contributed by atoms with Gasteiger partial charge in [0.1, 0.15) is 5.69 Å². The van der Waals surface area contributed by atoms with Crippen LogP contribution in [0.4, 0.5) is 11.5 Å². The number of carbonyl (C=O) groups is 1. The van der Waals surface area contributed by atoms with Crippen LogP contribution in [-0.2, 0) is 6.61 Å². The van der Waals surface area contributed by atoms with Gasteiger partial charge in [-0.2, -0.15) is 0 Å². The maximum atomic E-state index is 11.9. The molecule has 1 amide bonds. The van der Waals surface area contributed by atoms with Crippen molar-refractivity contribution in [3.63, 3.8) is 0 Å². The van der Waals surface area contributed by atoms with Crippen molar-refractivity contribution in [1.82, 2.24) is 9.97 Å². The highest BCUT2D eigenvalue weighted by molar-refractivity contribution is 6.02. The minimum absolute atomic E-state index is 0.0378. The summed E-state index contributed by atoms with van der Waals surface area (Å²) in [6, 6.07) is 6.84. The van der Waals surface area contributed by atoms with Crippen LogP contribution in [0.1, 0.15) is 16.1 Å². The highest BCUT2D eigenvalue weighted by Crippen LogP contribution is 2.11. The standard InChI is InChI=1S/C12H13N5O2/c13-17-11-6-14-5-10(16-11)12(19)15-9-3-1-8(7-18)2-4-9/h1-6,18H,7,13H2,(H,15,19)(H,16,17). The van der Waals surface area contributed by atoms with Crippen molar-refractivity contribution in [1.29, 1.82) is 0 Å². The van der Waals surface area contributed by atoms with Gasteiger partial charge < -0.3 is 15.8 Å². The topological polar surface area (TPSA) is 113 Å². The molecule has 0 bridgehead atoms. The summed E-state index contributed by atoms with van der Waals surface area (Å²) in [6.45, 7) is -0.0378. The number of aromatic nitrogens is 2. The van der Waals surface area contributed by atoms with Gasteiger partial charge in [-0.1, -0.05) is 12.1 Å². The number of rotatable bonds is 4. The number of hydrazine groups is 1. The van der Waals surface area contributed by atoms with Crippen molar-refractivity contribution in [2.24, 2.45) is 5.84 Å². The SMILES string of the molecule is NNc1cncc(C(=O)Nc2ccc(CO)cc2)n1. The molecule has 0 atom stereocenters. The van der Waals surface area contributed by atoms with Crippen molar-refractivity contribution in [3.05, 3.63) is 47.9 Å². The van der Waals surface area contributed by atoms with E-state index < -0.39 is 0 Å². The first-order valence-corrected chi connectivity index (χ1v) is 5.52. The molecule has 7 heteroatoms. The number of nitrogens with one attached hydrogen (secondary N) is 2. The summed E-state index contributed by atoms with van der Waals surface area (Å²) in [6.07, 6.45) is 2.76. The molecule has 2 rings (SSSR count). The van der Waals surface area contributed by atoms with Crippen molar-refractivity contribution in [2.75, 3.05) is 10.7 Å². The van der Waals surface area contributed by atoms with E-state index in [1.165, 1.54) is 12.4 Å². The van der Waals surface area contributed by atoms with Crippen molar-refractivity contribution < 1.29 is 9.90 Å². The van der Waals surface area contributed by atoms with Crippen LogP contribution in [0.15, 0.2) is 36.7 Å². The Balaban J connectivity index is 2.11. The Morgan fingerprint density at radius 3 is 2.63 bits per heavy atom. The maximum Gasteiger partial charge on any atom is 0.275 e. The third-order valence-electron chi connectivity index (χ3n) is 2.41. The zero-order valence-electron chi connectivity index (χ0n) is 10.00. The second-order valence-corrected chi connectivity index (χ2v) is 3.74. The molecule has 98 valence electrons. The van der Waals surface area contributed by atoms with Crippen molar-refractivity contribution in [2.45, 2.75) is 6.61 Å². The van der Waals surface area contributed by atoms with E-state index in [1.807, 2.05) is 0 Å². The number of hydrogen-bond acceptors (Lipinski definition) is 6. The maximum absolute atomic E-state index is 11.9. The van der Waals surface area contributed by atoms with E-state index in [9.17, 15) is 4.79 Å². The van der Waals surface area contributed by atoms with Gasteiger partial charge >= 0.3 is 0 Å². The van der Waals surface area contributed by atoms with Crippen LogP contribution in [0.5, 0.6) is 0 Å². The number of anilines is 2. The van der Waals surface area contributed by atoms with Gasteiger partial charge in [-0.25, -0.2) is 10.8 Å². The predicted octanol–water partition coefficient (Wildman–Crippen LogP) is 0.507. The number of carbonyl (C=O) groups excluding carboxylic acids is 1. The van der Waals surface area contributed by atoms with Crippen LogP contribution >= 0.6 is 0 Å². The zero-order valence-corrected chi connectivity index (χ0v) is 10.00. The number of benzene rings is 1. The molecule has 0 aliphatic heterocycles. The van der Waals surface area contributed by atoms with Crippen LogP contribution in [-0.4, -0.2) is 21.0 Å². The van der Waals surface area contributed by atoms with Gasteiger partial charge in [0.25, 0.3) is 5.91 Å². The molecule has 1 aromatic carbocycles. The summed E-state index contributed by atoms with van der Waals surface area (Å²) in [4.78, 5) is 19.7. The molecule has 0 aliphatic carbocycles. The number of amides is 1. The van der Waals surface area contributed by atoms with Crippen LogP contribution in [0.3, 0.4) is 0 Å². The monoisotopic (exact) mass is 259 g/mol. The number of aliphatic hydroxyl groups excluding tert-OH is 1. The normalized spacial score (nSPS) is 10.0. The summed E-state index contributed by atoms with van der Waals surface area (Å²) >= 11 is 0. The van der Waals surface area contributed by atoms with E-state index in [1.54, 1.807) is 24.3 Å². The largest absolute Gasteiger partial charge is 0.392 e. The number of nitrogen functional groups attached to an aromatic ring is 1. The van der Waals surface area contributed by atoms with Crippen molar-refractivity contribution in [3.8, 4) is 0 Å². The van der Waals surface area contributed by atoms with Crippen molar-refractivity contribution >= 4 is 17.4 Å². The van der Waals surface area contributed by atoms with Crippen LogP contribution in [0, 0.1) is 0 Å². The summed E-state index contributed by atoms with van der Waals surface area (Å²) in [7, 11) is 0. The molecule has 0 radical (unpaired) electrons. The first-order chi connectivity index (χ1) is 9.22. The predicted molar refractivity (Wildman–Crippen MR) is 70.2 cm³/mol. The summed E-state index contributed by atoms with van der Waals surface area (Å²) in [5.74, 6) is 5.12. The lowest BCUT2D eigenvalue weighted by molar-refractivity contribution is 0.102. The fourth-order valence-electron chi connectivity index (χ4n) is 1.43. The minimum atomic E-state index is -0.388. The molecule has 1 aromatic heterocycles. The Morgan fingerprint density at radius 1 is 1.26 bits per heavy atom. The lowest BCUT2D eigenvalue weighted by Gasteiger charge is -2.06. The summed E-state index contributed by atoms with van der Waals surface area (Å²) < 4.78 is 0. The molecule has 0 unspecified atom stereocenters. The van der Waals surface area contributed by atoms with Gasteiger partial charge in [0.05, 0.1) is 19.0 Å². The molecule has 0 saturated carbocycles. The summed E-state index contributed by atoms with van der Waals surface area (Å²) in [5.41, 5.74) is 3.85. The number of nitrogens with zero attached hydrogens (tertiary/aromatic N) is 2. The summed E-state index contributed by atoms with van der Waals surface area (Å²) in [5, 5.41) is 11.6. The average molecular weight is 259 g/mol. The van der Waals surface area contributed by atoms with E-state index in [-0.39, 0.29) is 18.2 Å². The Morgan fingerprint density at radius 2 is 2.00 bits per heavy atom. The third kappa shape index (κ3) is 3.24. The number of nitrogens with two attached hydrogens (primary N) is 1. The molecule has 0 aliphatic rings.